The summed E-state index contributed by atoms with van der Waals surface area (Å²) in [5, 5.41) is 27.1. The third-order valence-electron chi connectivity index (χ3n) is 6.13. The number of aliphatic hydroxyl groups excluding tert-OH is 2. The molecule has 5 rings (SSSR count). The first-order valence-corrected chi connectivity index (χ1v) is 12.4. The molecule has 0 spiro atoms. The van der Waals surface area contributed by atoms with Gasteiger partial charge in [0.1, 0.15) is 16.6 Å². The average molecular weight is 532 g/mol. The maximum atomic E-state index is 12.7. The number of fused-ring (bicyclic) bond motifs is 1. The lowest BCUT2D eigenvalue weighted by Gasteiger charge is -2.20. The van der Waals surface area contributed by atoms with Crippen LogP contribution in [0.15, 0.2) is 48.5 Å². The summed E-state index contributed by atoms with van der Waals surface area (Å²) in [7, 11) is 0. The van der Waals surface area contributed by atoms with Crippen LogP contribution in [0.2, 0.25) is 0 Å². The fraction of sp³-hybridized carbons (Fsp3) is 0.320. The van der Waals surface area contributed by atoms with E-state index in [1.807, 2.05) is 24.3 Å². The van der Waals surface area contributed by atoms with Crippen molar-refractivity contribution < 1.29 is 28.1 Å². The van der Waals surface area contributed by atoms with Gasteiger partial charge in [-0.2, -0.15) is 4.98 Å². The van der Waals surface area contributed by atoms with Crippen LogP contribution in [0.25, 0.3) is 20.8 Å². The number of aromatic nitrogens is 3. The Labute approximate surface area is 214 Å². The Balaban J connectivity index is 1.51. The number of hydrogen-bond acceptors (Lipinski definition) is 9. The molecule has 1 aliphatic carbocycles. The van der Waals surface area contributed by atoms with E-state index >= 15 is 0 Å². The zero-order valence-electron chi connectivity index (χ0n) is 19.7. The molecule has 3 atom stereocenters. The number of anilines is 3. The molecule has 194 valence electrons. The Morgan fingerprint density at radius 3 is 2.62 bits per heavy atom. The van der Waals surface area contributed by atoms with Crippen molar-refractivity contribution in [3.63, 3.8) is 0 Å². The number of thiazole rings is 1. The molecule has 8 nitrogen and oxygen atoms in total. The topological polar surface area (TPSA) is 112 Å². The van der Waals surface area contributed by atoms with Crippen molar-refractivity contribution >= 4 is 39.0 Å². The van der Waals surface area contributed by atoms with Crippen LogP contribution in [-0.4, -0.2) is 50.3 Å². The molecule has 1 fully saturated rings. The van der Waals surface area contributed by atoms with Gasteiger partial charge in [0.05, 0.1) is 33.6 Å². The highest BCUT2D eigenvalue weighted by molar-refractivity contribution is 7.21. The van der Waals surface area contributed by atoms with Crippen LogP contribution in [0.1, 0.15) is 18.5 Å². The van der Waals surface area contributed by atoms with E-state index in [0.29, 0.717) is 40.6 Å². The molecule has 2 aromatic carbocycles. The Morgan fingerprint density at radius 2 is 1.89 bits per heavy atom. The summed E-state index contributed by atoms with van der Waals surface area (Å²) >= 11 is 1.48. The largest absolute Gasteiger partial charge is 0.573 e. The van der Waals surface area contributed by atoms with Crippen molar-refractivity contribution in [1.29, 1.82) is 0 Å². The normalized spacial score (nSPS) is 19.8. The number of benzene rings is 2. The molecule has 12 heteroatoms. The lowest BCUT2D eigenvalue weighted by molar-refractivity contribution is -0.274. The van der Waals surface area contributed by atoms with Crippen molar-refractivity contribution in [2.24, 2.45) is 5.92 Å². The molecule has 4 aromatic rings. The van der Waals surface area contributed by atoms with Gasteiger partial charge in [-0.1, -0.05) is 18.2 Å². The van der Waals surface area contributed by atoms with E-state index in [4.69, 9.17) is 4.98 Å². The van der Waals surface area contributed by atoms with Gasteiger partial charge < -0.3 is 25.6 Å². The summed E-state index contributed by atoms with van der Waals surface area (Å²) in [6.45, 7) is 1.77. The van der Waals surface area contributed by atoms with E-state index < -0.39 is 12.5 Å². The van der Waals surface area contributed by atoms with Gasteiger partial charge in [-0.15, -0.1) is 24.5 Å². The number of nitrogens with one attached hydrogen (secondary N) is 2. The molecule has 0 saturated heterocycles. The molecule has 0 aliphatic heterocycles. The van der Waals surface area contributed by atoms with Gasteiger partial charge in [0.2, 0.25) is 5.95 Å². The van der Waals surface area contributed by atoms with Gasteiger partial charge in [0.25, 0.3) is 0 Å². The SMILES string of the molecule is Cc1nc(Nc2cccc(OC(F)(F)F)c2)nc(N[C@@H]2C[C@H](CO)C[C@H]2O)c1-c1nc2ccccc2s1. The Morgan fingerprint density at radius 1 is 1.08 bits per heavy atom. The van der Waals surface area contributed by atoms with Gasteiger partial charge >= 0.3 is 6.36 Å². The van der Waals surface area contributed by atoms with Crippen LogP contribution in [-0.2, 0) is 0 Å². The molecule has 0 amide bonds. The standard InChI is InChI=1S/C25H24F3N5O3S/c1-13-21(23-32-17-7-2-3-8-20(17)37-23)22(31-18-9-14(12-34)10-19(18)35)33-24(29-13)30-15-5-4-6-16(11-15)36-25(26,27)28/h2-8,11,14,18-19,34-35H,9-10,12H2,1H3,(H2,29,30,31,33)/t14-,18+,19+/m0/s1. The van der Waals surface area contributed by atoms with Crippen LogP contribution in [0, 0.1) is 12.8 Å². The molecule has 2 aromatic heterocycles. The van der Waals surface area contributed by atoms with Crippen LogP contribution < -0.4 is 15.4 Å². The van der Waals surface area contributed by atoms with Gasteiger partial charge in [-0.05, 0) is 49.9 Å². The van der Waals surface area contributed by atoms with Crippen molar-refractivity contribution in [3.05, 3.63) is 54.2 Å². The second-order valence-electron chi connectivity index (χ2n) is 8.88. The average Bonchev–Trinajstić information content (AvgIpc) is 3.41. The number of ether oxygens (including phenoxy) is 1. The summed E-state index contributed by atoms with van der Waals surface area (Å²) in [4.78, 5) is 13.9. The number of aryl methyl sites for hydroxylation is 1. The van der Waals surface area contributed by atoms with Crippen molar-refractivity contribution in [3.8, 4) is 16.3 Å². The fourth-order valence-corrected chi connectivity index (χ4v) is 5.53. The summed E-state index contributed by atoms with van der Waals surface area (Å²) < 4.78 is 43.0. The molecule has 4 N–H and O–H groups in total. The quantitative estimate of drug-likeness (QED) is 0.256. The number of para-hydroxylation sites is 1. The molecule has 0 radical (unpaired) electrons. The summed E-state index contributed by atoms with van der Waals surface area (Å²) in [5.74, 6) is 0.178. The highest BCUT2D eigenvalue weighted by Crippen LogP contribution is 2.38. The number of hydrogen-bond donors (Lipinski definition) is 4. The van der Waals surface area contributed by atoms with Gasteiger partial charge in [0, 0.05) is 18.4 Å². The first-order chi connectivity index (χ1) is 17.7. The molecule has 1 saturated carbocycles. The van der Waals surface area contributed by atoms with Gasteiger partial charge in [0.15, 0.2) is 0 Å². The summed E-state index contributed by atoms with van der Waals surface area (Å²) in [6.07, 6.45) is -4.47. The molecule has 0 unspecified atom stereocenters. The molecular formula is C25H24F3N5O3S. The summed E-state index contributed by atoms with van der Waals surface area (Å²) in [5.41, 5.74) is 2.40. The highest BCUT2D eigenvalue weighted by atomic mass is 32.1. The highest BCUT2D eigenvalue weighted by Gasteiger charge is 2.34. The lowest BCUT2D eigenvalue weighted by Crippen LogP contribution is -2.29. The van der Waals surface area contributed by atoms with E-state index in [1.54, 1.807) is 13.0 Å². The van der Waals surface area contributed by atoms with Crippen molar-refractivity contribution in [2.45, 2.75) is 38.3 Å². The van der Waals surface area contributed by atoms with E-state index in [-0.39, 0.29) is 30.3 Å². The Bertz CT molecular complexity index is 1380. The second kappa shape index (κ2) is 10.1. The van der Waals surface area contributed by atoms with Crippen LogP contribution in [0.3, 0.4) is 0 Å². The number of rotatable bonds is 7. The maximum absolute atomic E-state index is 12.7. The van der Waals surface area contributed by atoms with Crippen LogP contribution >= 0.6 is 11.3 Å². The Hall–Kier alpha value is -3.48. The number of halogens is 3. The van der Waals surface area contributed by atoms with E-state index in [0.717, 1.165) is 10.2 Å². The molecule has 2 heterocycles. The first kappa shape index (κ1) is 25.2. The molecular weight excluding hydrogens is 507 g/mol. The van der Waals surface area contributed by atoms with Gasteiger partial charge in [-0.25, -0.2) is 9.97 Å². The minimum atomic E-state index is -4.81. The molecule has 37 heavy (non-hydrogen) atoms. The minimum absolute atomic E-state index is 0.0219. The minimum Gasteiger partial charge on any atom is -0.406 e. The van der Waals surface area contributed by atoms with Crippen molar-refractivity contribution in [2.75, 3.05) is 17.2 Å². The van der Waals surface area contributed by atoms with Crippen LogP contribution in [0.4, 0.5) is 30.6 Å². The first-order valence-electron chi connectivity index (χ1n) is 11.6. The number of aliphatic hydroxyl groups is 2. The van der Waals surface area contributed by atoms with E-state index in [9.17, 15) is 23.4 Å². The lowest BCUT2D eigenvalue weighted by atomic mass is 10.1. The maximum Gasteiger partial charge on any atom is 0.573 e. The Kier molecular flexibility index (Phi) is 6.88. The molecule has 0 bridgehead atoms. The predicted octanol–water partition coefficient (Wildman–Crippen LogP) is 5.25. The second-order valence-corrected chi connectivity index (χ2v) is 9.91. The third kappa shape index (κ3) is 5.76. The van der Waals surface area contributed by atoms with Crippen LogP contribution in [0.5, 0.6) is 5.75 Å². The predicted molar refractivity (Wildman–Crippen MR) is 135 cm³/mol. The monoisotopic (exact) mass is 531 g/mol. The smallest absolute Gasteiger partial charge is 0.406 e. The van der Waals surface area contributed by atoms with Gasteiger partial charge in [-0.3, -0.25) is 0 Å². The summed E-state index contributed by atoms with van der Waals surface area (Å²) in [6, 6.07) is 12.8. The van der Waals surface area contributed by atoms with E-state index in [1.165, 1.54) is 29.5 Å². The third-order valence-corrected chi connectivity index (χ3v) is 7.18. The van der Waals surface area contributed by atoms with E-state index in [2.05, 4.69) is 25.3 Å². The number of alkyl halides is 3. The molecule has 1 aliphatic rings. The zero-order chi connectivity index (χ0) is 26.2. The number of nitrogens with zero attached hydrogens (tertiary/aromatic N) is 3. The zero-order valence-corrected chi connectivity index (χ0v) is 20.5. The van der Waals surface area contributed by atoms with Crippen molar-refractivity contribution in [1.82, 2.24) is 15.0 Å². The fourth-order valence-electron chi connectivity index (χ4n) is 4.47.